The molecule has 8 nitrogen and oxygen atoms in total. The highest BCUT2D eigenvalue weighted by molar-refractivity contribution is 6.31. The number of hydrogen-bond donors (Lipinski definition) is 4. The molecule has 1 fully saturated rings. The molecule has 1 saturated heterocycles. The summed E-state index contributed by atoms with van der Waals surface area (Å²) in [5, 5.41) is 25.6. The molecule has 9 heteroatoms. The van der Waals surface area contributed by atoms with Crippen LogP contribution in [0, 0.1) is 0 Å². The van der Waals surface area contributed by atoms with Crippen LogP contribution in [-0.2, 0) is 11.3 Å². The maximum atomic E-state index is 12.6. The number of hydrogen-bond acceptors (Lipinski definition) is 6. The highest BCUT2D eigenvalue weighted by Crippen LogP contribution is 2.28. The van der Waals surface area contributed by atoms with Gasteiger partial charge in [-0.15, -0.1) is 0 Å². The van der Waals surface area contributed by atoms with Crippen LogP contribution >= 0.6 is 11.6 Å². The van der Waals surface area contributed by atoms with E-state index in [-0.39, 0.29) is 23.3 Å². The van der Waals surface area contributed by atoms with E-state index in [1.807, 2.05) is 31.3 Å². The number of piperidine rings is 1. The van der Waals surface area contributed by atoms with Crippen LogP contribution in [-0.4, -0.2) is 70.2 Å². The number of benzene rings is 2. The van der Waals surface area contributed by atoms with E-state index in [4.69, 9.17) is 11.6 Å². The second-order valence-corrected chi connectivity index (χ2v) is 9.82. The molecule has 1 aromatic heterocycles. The predicted octanol–water partition coefficient (Wildman–Crippen LogP) is 3.02. The number of aromatic nitrogens is 1. The molecule has 0 aliphatic carbocycles. The minimum atomic E-state index is -0.775. The van der Waals surface area contributed by atoms with Crippen LogP contribution in [0.3, 0.4) is 0 Å². The number of phenols is 1. The zero-order valence-corrected chi connectivity index (χ0v) is 21.2. The molecule has 1 aliphatic rings. The monoisotopic (exact) mass is 512 g/mol. The van der Waals surface area contributed by atoms with E-state index in [9.17, 15) is 19.8 Å². The van der Waals surface area contributed by atoms with E-state index in [0.717, 1.165) is 38.0 Å². The van der Waals surface area contributed by atoms with E-state index in [1.54, 1.807) is 17.0 Å². The fourth-order valence-corrected chi connectivity index (χ4v) is 4.91. The summed E-state index contributed by atoms with van der Waals surface area (Å²) in [6.45, 7) is 3.37. The number of carbonyl (C=O) groups is 1. The molecule has 4 N–H and O–H groups in total. The average Bonchev–Trinajstić information content (AvgIpc) is 2.88. The summed E-state index contributed by atoms with van der Waals surface area (Å²) < 4.78 is 0. The molecule has 4 rings (SSSR count). The number of phenolic OH excluding ortho intramolecular Hbond substituents is 1. The molecule has 1 atom stereocenters. The van der Waals surface area contributed by atoms with E-state index >= 15 is 0 Å². The number of rotatable bonds is 9. The zero-order chi connectivity index (χ0) is 25.7. The normalized spacial score (nSPS) is 15.8. The standard InChI is InChI=1S/C27H33ClN4O4/c1-31(17-18-4-2-3-5-22(18)28)26(36)12-15-32-13-10-19(11-14-32)29-16-24(34)20-6-8-23(33)27-21(20)7-9-25(35)30-27/h2-9,19,24,29,33-34H,10-17H2,1H3,(H,30,35)/t24-/m0/s1. The number of aliphatic hydroxyl groups is 1. The molecule has 1 aliphatic heterocycles. The number of H-pyrrole nitrogens is 1. The van der Waals surface area contributed by atoms with Gasteiger partial charge in [0.15, 0.2) is 0 Å². The van der Waals surface area contributed by atoms with Crippen LogP contribution in [0.5, 0.6) is 5.75 Å². The number of halogens is 1. The van der Waals surface area contributed by atoms with Crippen molar-refractivity contribution in [1.82, 2.24) is 20.1 Å². The molecule has 0 bridgehead atoms. The Kier molecular flexibility index (Phi) is 8.64. The summed E-state index contributed by atoms with van der Waals surface area (Å²) >= 11 is 6.21. The predicted molar refractivity (Wildman–Crippen MR) is 141 cm³/mol. The van der Waals surface area contributed by atoms with Crippen molar-refractivity contribution < 1.29 is 15.0 Å². The lowest BCUT2D eigenvalue weighted by atomic mass is 10.0. The molecule has 0 saturated carbocycles. The number of aromatic hydroxyl groups is 1. The molecular weight excluding hydrogens is 480 g/mol. The second-order valence-electron chi connectivity index (χ2n) is 9.42. The van der Waals surface area contributed by atoms with Crippen molar-refractivity contribution in [2.24, 2.45) is 0 Å². The smallest absolute Gasteiger partial charge is 0.248 e. The van der Waals surface area contributed by atoms with Crippen molar-refractivity contribution in [3.8, 4) is 5.75 Å². The molecule has 36 heavy (non-hydrogen) atoms. The van der Waals surface area contributed by atoms with Gasteiger partial charge in [-0.3, -0.25) is 9.59 Å². The lowest BCUT2D eigenvalue weighted by Gasteiger charge is -2.33. The van der Waals surface area contributed by atoms with Gasteiger partial charge in [0.1, 0.15) is 5.75 Å². The fourth-order valence-electron chi connectivity index (χ4n) is 4.71. The fraction of sp³-hybridized carbons (Fsp3) is 0.407. The van der Waals surface area contributed by atoms with Crippen molar-refractivity contribution >= 4 is 28.4 Å². The van der Waals surface area contributed by atoms with Gasteiger partial charge in [0.2, 0.25) is 11.5 Å². The van der Waals surface area contributed by atoms with Crippen molar-refractivity contribution in [3.05, 3.63) is 75.0 Å². The first-order valence-electron chi connectivity index (χ1n) is 12.3. The number of aliphatic hydroxyl groups excluding tert-OH is 1. The Morgan fingerprint density at radius 3 is 2.69 bits per heavy atom. The largest absolute Gasteiger partial charge is 0.506 e. The molecule has 0 radical (unpaired) electrons. The van der Waals surface area contributed by atoms with Crippen LogP contribution < -0.4 is 10.9 Å². The third-order valence-electron chi connectivity index (χ3n) is 6.89. The number of amides is 1. The Labute approximate surface area is 215 Å². The number of likely N-dealkylation sites (tertiary alicyclic amines) is 1. The minimum absolute atomic E-state index is 0.0208. The number of pyridine rings is 1. The first kappa shape index (κ1) is 26.2. The van der Waals surface area contributed by atoms with Gasteiger partial charge in [-0.2, -0.15) is 0 Å². The maximum absolute atomic E-state index is 12.6. The van der Waals surface area contributed by atoms with E-state index < -0.39 is 6.10 Å². The summed E-state index contributed by atoms with van der Waals surface area (Å²) in [4.78, 5) is 30.9. The third-order valence-corrected chi connectivity index (χ3v) is 7.26. The molecule has 3 aromatic rings. The van der Waals surface area contributed by atoms with Crippen LogP contribution in [0.1, 0.15) is 36.5 Å². The Morgan fingerprint density at radius 1 is 1.19 bits per heavy atom. The first-order chi connectivity index (χ1) is 17.3. The van der Waals surface area contributed by atoms with Gasteiger partial charge < -0.3 is 30.3 Å². The Balaban J connectivity index is 1.21. The first-order valence-corrected chi connectivity index (χ1v) is 12.7. The average molecular weight is 513 g/mol. The van der Waals surface area contributed by atoms with Crippen molar-refractivity contribution in [2.75, 3.05) is 33.2 Å². The summed E-state index contributed by atoms with van der Waals surface area (Å²) in [6, 6.07) is 14.0. The molecule has 1 amide bonds. The highest BCUT2D eigenvalue weighted by atomic mass is 35.5. The SMILES string of the molecule is CN(Cc1ccccc1Cl)C(=O)CCN1CCC(NC[C@H](O)c2ccc(O)c3[nH]c(=O)ccc23)CC1. The Morgan fingerprint density at radius 2 is 1.94 bits per heavy atom. The minimum Gasteiger partial charge on any atom is -0.506 e. The summed E-state index contributed by atoms with van der Waals surface area (Å²) in [6.07, 6.45) is 1.55. The molecule has 2 aromatic carbocycles. The van der Waals surface area contributed by atoms with E-state index in [2.05, 4.69) is 15.2 Å². The summed E-state index contributed by atoms with van der Waals surface area (Å²) in [5.41, 5.74) is 1.63. The summed E-state index contributed by atoms with van der Waals surface area (Å²) in [7, 11) is 1.81. The zero-order valence-electron chi connectivity index (χ0n) is 20.4. The number of carbonyl (C=O) groups excluding carboxylic acids is 1. The number of nitrogens with zero attached hydrogens (tertiary/aromatic N) is 2. The van der Waals surface area contributed by atoms with Crippen LogP contribution in [0.25, 0.3) is 10.9 Å². The lowest BCUT2D eigenvalue weighted by Crippen LogP contribution is -2.44. The number of aromatic amines is 1. The van der Waals surface area contributed by atoms with Crippen LogP contribution in [0.4, 0.5) is 0 Å². The number of fused-ring (bicyclic) bond motifs is 1. The molecule has 0 spiro atoms. The van der Waals surface area contributed by atoms with Crippen LogP contribution in [0.2, 0.25) is 5.02 Å². The van der Waals surface area contributed by atoms with Gasteiger partial charge in [-0.25, -0.2) is 0 Å². The molecule has 2 heterocycles. The second kappa shape index (κ2) is 11.9. The van der Waals surface area contributed by atoms with Crippen LogP contribution in [0.15, 0.2) is 53.3 Å². The third kappa shape index (κ3) is 6.44. The van der Waals surface area contributed by atoms with Crippen molar-refractivity contribution in [3.63, 3.8) is 0 Å². The lowest BCUT2D eigenvalue weighted by molar-refractivity contribution is -0.130. The van der Waals surface area contributed by atoms with Gasteiger partial charge in [0, 0.05) is 55.6 Å². The van der Waals surface area contributed by atoms with E-state index in [0.29, 0.717) is 41.0 Å². The number of nitrogens with one attached hydrogen (secondary N) is 2. The maximum Gasteiger partial charge on any atom is 0.248 e. The Bertz CT molecular complexity index is 1260. The highest BCUT2D eigenvalue weighted by Gasteiger charge is 2.22. The van der Waals surface area contributed by atoms with Crippen molar-refractivity contribution in [1.29, 1.82) is 0 Å². The van der Waals surface area contributed by atoms with Gasteiger partial charge in [0.25, 0.3) is 0 Å². The molecular formula is C27H33ClN4O4. The van der Waals surface area contributed by atoms with Gasteiger partial charge in [0.05, 0.1) is 11.6 Å². The molecule has 192 valence electrons. The van der Waals surface area contributed by atoms with E-state index in [1.165, 1.54) is 12.1 Å². The van der Waals surface area contributed by atoms with Gasteiger partial charge in [-0.05, 0) is 55.3 Å². The summed E-state index contributed by atoms with van der Waals surface area (Å²) in [5.74, 6) is 0.0771. The topological polar surface area (TPSA) is 109 Å². The van der Waals surface area contributed by atoms with Crippen molar-refractivity contribution in [2.45, 2.75) is 38.0 Å². The van der Waals surface area contributed by atoms with Gasteiger partial charge in [-0.1, -0.05) is 35.9 Å². The Hall–Kier alpha value is -2.91. The quantitative estimate of drug-likeness (QED) is 0.351. The van der Waals surface area contributed by atoms with Gasteiger partial charge >= 0.3 is 0 Å². The molecule has 0 unspecified atom stereocenters.